The minimum absolute atomic E-state index is 0.0494. The average Bonchev–Trinajstić information content (AvgIpc) is 3.04. The molecular formula is C16H16N2O2S. The van der Waals surface area contributed by atoms with Crippen molar-refractivity contribution < 1.29 is 9.53 Å². The van der Waals surface area contributed by atoms with Gasteiger partial charge in [-0.2, -0.15) is 0 Å². The van der Waals surface area contributed by atoms with Gasteiger partial charge in [0.05, 0.1) is 7.11 Å². The molecule has 1 aromatic heterocycles. The number of thioether (sulfide) groups is 1. The molecule has 1 aromatic carbocycles. The van der Waals surface area contributed by atoms with Gasteiger partial charge in [-0.15, -0.1) is 11.8 Å². The number of methoxy groups -OCH3 is 1. The lowest BCUT2D eigenvalue weighted by Crippen LogP contribution is -2.30. The number of amides is 1. The van der Waals surface area contributed by atoms with Gasteiger partial charge in [0.1, 0.15) is 11.1 Å². The summed E-state index contributed by atoms with van der Waals surface area (Å²) >= 11 is 1.77. The van der Waals surface area contributed by atoms with Crippen molar-refractivity contribution in [3.63, 3.8) is 0 Å². The molecule has 1 aliphatic rings. The minimum Gasteiger partial charge on any atom is -0.497 e. The van der Waals surface area contributed by atoms with Crippen molar-refractivity contribution in [3.8, 4) is 5.75 Å². The summed E-state index contributed by atoms with van der Waals surface area (Å²) in [5.74, 6) is 1.75. The molecule has 1 unspecified atom stereocenters. The summed E-state index contributed by atoms with van der Waals surface area (Å²) in [5.41, 5.74) is 1.76. The summed E-state index contributed by atoms with van der Waals surface area (Å²) in [4.78, 5) is 18.7. The summed E-state index contributed by atoms with van der Waals surface area (Å²) in [5, 5.41) is 0.0494. The van der Waals surface area contributed by atoms with Gasteiger partial charge in [-0.3, -0.25) is 9.78 Å². The van der Waals surface area contributed by atoms with E-state index >= 15 is 0 Å². The molecule has 108 valence electrons. The van der Waals surface area contributed by atoms with Crippen LogP contribution in [0.1, 0.15) is 21.3 Å². The first-order valence-corrected chi connectivity index (χ1v) is 7.81. The van der Waals surface area contributed by atoms with Crippen LogP contribution >= 0.6 is 11.8 Å². The van der Waals surface area contributed by atoms with Crippen LogP contribution in [0.2, 0.25) is 0 Å². The highest BCUT2D eigenvalue weighted by atomic mass is 32.2. The second kappa shape index (κ2) is 6.18. The average molecular weight is 300 g/mol. The Kier molecular flexibility index (Phi) is 4.10. The van der Waals surface area contributed by atoms with Gasteiger partial charge in [0.15, 0.2) is 0 Å². The van der Waals surface area contributed by atoms with Crippen LogP contribution in [0.4, 0.5) is 0 Å². The van der Waals surface area contributed by atoms with Gasteiger partial charge < -0.3 is 9.64 Å². The van der Waals surface area contributed by atoms with E-state index < -0.39 is 0 Å². The number of pyridine rings is 1. The number of ether oxygens (including phenoxy) is 1. The molecule has 1 amide bonds. The van der Waals surface area contributed by atoms with E-state index in [4.69, 9.17) is 4.74 Å². The molecular weight excluding hydrogens is 284 g/mol. The van der Waals surface area contributed by atoms with Crippen LogP contribution in [-0.4, -0.2) is 35.2 Å². The molecule has 3 rings (SSSR count). The van der Waals surface area contributed by atoms with Crippen LogP contribution in [0.15, 0.2) is 48.8 Å². The third kappa shape index (κ3) is 2.88. The SMILES string of the molecule is COc1ccc(C(=O)N2CCSC2c2cccnc2)cc1. The number of carbonyl (C=O) groups excluding carboxylic acids is 1. The Morgan fingerprint density at radius 3 is 2.81 bits per heavy atom. The van der Waals surface area contributed by atoms with Crippen LogP contribution in [0.5, 0.6) is 5.75 Å². The van der Waals surface area contributed by atoms with Gasteiger partial charge in [-0.05, 0) is 30.3 Å². The smallest absolute Gasteiger partial charge is 0.255 e. The van der Waals surface area contributed by atoms with E-state index in [1.807, 2.05) is 47.5 Å². The highest BCUT2D eigenvalue weighted by molar-refractivity contribution is 7.99. The minimum atomic E-state index is 0.0494. The largest absolute Gasteiger partial charge is 0.497 e. The lowest BCUT2D eigenvalue weighted by atomic mass is 10.1. The highest BCUT2D eigenvalue weighted by Crippen LogP contribution is 2.38. The predicted molar refractivity (Wildman–Crippen MR) is 83.5 cm³/mol. The fraction of sp³-hybridized carbons (Fsp3) is 0.250. The number of rotatable bonds is 3. The van der Waals surface area contributed by atoms with E-state index in [0.29, 0.717) is 5.56 Å². The first-order chi connectivity index (χ1) is 10.3. The van der Waals surface area contributed by atoms with E-state index in [-0.39, 0.29) is 11.3 Å². The van der Waals surface area contributed by atoms with E-state index in [1.165, 1.54) is 0 Å². The zero-order chi connectivity index (χ0) is 14.7. The van der Waals surface area contributed by atoms with E-state index in [1.54, 1.807) is 25.1 Å². The molecule has 0 bridgehead atoms. The topological polar surface area (TPSA) is 42.4 Å². The zero-order valence-corrected chi connectivity index (χ0v) is 12.5. The maximum atomic E-state index is 12.7. The predicted octanol–water partition coefficient (Wildman–Crippen LogP) is 2.98. The highest BCUT2D eigenvalue weighted by Gasteiger charge is 2.31. The number of benzene rings is 1. The Labute approximate surface area is 128 Å². The lowest BCUT2D eigenvalue weighted by molar-refractivity contribution is 0.0760. The first-order valence-electron chi connectivity index (χ1n) is 6.76. The van der Waals surface area contributed by atoms with Crippen LogP contribution in [0, 0.1) is 0 Å². The molecule has 2 heterocycles. The molecule has 21 heavy (non-hydrogen) atoms. The number of hydrogen-bond donors (Lipinski definition) is 0. The molecule has 5 heteroatoms. The molecule has 1 fully saturated rings. The van der Waals surface area contributed by atoms with Crippen LogP contribution in [0.25, 0.3) is 0 Å². The van der Waals surface area contributed by atoms with Crippen molar-refractivity contribution in [3.05, 3.63) is 59.9 Å². The molecule has 2 aromatic rings. The van der Waals surface area contributed by atoms with E-state index in [0.717, 1.165) is 23.6 Å². The number of hydrogen-bond acceptors (Lipinski definition) is 4. The first kappa shape index (κ1) is 13.9. The van der Waals surface area contributed by atoms with Gasteiger partial charge in [0, 0.05) is 35.8 Å². The molecule has 1 aliphatic heterocycles. The van der Waals surface area contributed by atoms with Crippen LogP contribution < -0.4 is 4.74 Å². The normalized spacial score (nSPS) is 17.8. The van der Waals surface area contributed by atoms with Crippen molar-refractivity contribution in [2.24, 2.45) is 0 Å². The summed E-state index contributed by atoms with van der Waals surface area (Å²) in [6, 6.07) is 11.2. The van der Waals surface area contributed by atoms with Crippen molar-refractivity contribution in [1.29, 1.82) is 0 Å². The molecule has 0 saturated carbocycles. The van der Waals surface area contributed by atoms with Crippen LogP contribution in [-0.2, 0) is 0 Å². The van der Waals surface area contributed by atoms with Gasteiger partial charge >= 0.3 is 0 Å². The fourth-order valence-electron chi connectivity index (χ4n) is 2.38. The molecule has 1 saturated heterocycles. The number of carbonyl (C=O) groups is 1. The van der Waals surface area contributed by atoms with Crippen LogP contribution in [0.3, 0.4) is 0 Å². The van der Waals surface area contributed by atoms with Crippen molar-refractivity contribution in [2.45, 2.75) is 5.37 Å². The fourth-order valence-corrected chi connectivity index (χ4v) is 3.61. The van der Waals surface area contributed by atoms with E-state index in [9.17, 15) is 4.79 Å². The molecule has 0 radical (unpaired) electrons. The van der Waals surface area contributed by atoms with Crippen molar-refractivity contribution in [1.82, 2.24) is 9.88 Å². The Morgan fingerprint density at radius 2 is 2.14 bits per heavy atom. The van der Waals surface area contributed by atoms with Gasteiger partial charge in [0.2, 0.25) is 0 Å². The van der Waals surface area contributed by atoms with E-state index in [2.05, 4.69) is 4.98 Å². The van der Waals surface area contributed by atoms with Gasteiger partial charge in [-0.25, -0.2) is 0 Å². The Balaban J connectivity index is 1.82. The van der Waals surface area contributed by atoms with Gasteiger partial charge in [-0.1, -0.05) is 6.07 Å². The number of nitrogens with zero attached hydrogens (tertiary/aromatic N) is 2. The lowest BCUT2D eigenvalue weighted by Gasteiger charge is -2.24. The quantitative estimate of drug-likeness (QED) is 0.874. The summed E-state index contributed by atoms with van der Waals surface area (Å²) < 4.78 is 5.13. The molecule has 1 atom stereocenters. The van der Waals surface area contributed by atoms with Gasteiger partial charge in [0.25, 0.3) is 5.91 Å². The molecule has 4 nitrogen and oxygen atoms in total. The second-order valence-electron chi connectivity index (χ2n) is 4.74. The standard InChI is InChI=1S/C16H16N2O2S/c1-20-14-6-4-12(5-7-14)15(19)18-9-10-21-16(18)13-3-2-8-17-11-13/h2-8,11,16H,9-10H2,1H3. The Hall–Kier alpha value is -2.01. The molecule has 0 aliphatic carbocycles. The summed E-state index contributed by atoms with van der Waals surface area (Å²) in [6.45, 7) is 0.759. The maximum absolute atomic E-state index is 12.7. The maximum Gasteiger partial charge on any atom is 0.255 e. The number of aromatic nitrogens is 1. The Bertz CT molecular complexity index is 616. The summed E-state index contributed by atoms with van der Waals surface area (Å²) in [6.07, 6.45) is 3.58. The second-order valence-corrected chi connectivity index (χ2v) is 5.92. The summed E-state index contributed by atoms with van der Waals surface area (Å²) in [7, 11) is 1.62. The third-order valence-electron chi connectivity index (χ3n) is 3.46. The van der Waals surface area contributed by atoms with Crippen molar-refractivity contribution in [2.75, 3.05) is 19.4 Å². The monoisotopic (exact) mass is 300 g/mol. The Morgan fingerprint density at radius 1 is 1.33 bits per heavy atom. The zero-order valence-electron chi connectivity index (χ0n) is 11.7. The molecule has 0 N–H and O–H groups in total. The van der Waals surface area contributed by atoms with Crippen molar-refractivity contribution >= 4 is 17.7 Å². The molecule has 0 spiro atoms. The third-order valence-corrected chi connectivity index (χ3v) is 4.72.